The normalized spacial score (nSPS) is 24.3. The molecule has 0 N–H and O–H groups in total. The number of morpholine rings is 1. The van der Waals surface area contributed by atoms with Gasteiger partial charge in [-0.3, -0.25) is 14.3 Å². The van der Waals surface area contributed by atoms with Gasteiger partial charge in [-0.25, -0.2) is 4.98 Å². The molecule has 3 unspecified atom stereocenters. The smallest absolute Gasteiger partial charge is 0.254 e. The predicted octanol–water partition coefficient (Wildman–Crippen LogP) is 4.05. The number of aromatic nitrogens is 2. The predicted molar refractivity (Wildman–Crippen MR) is 126 cm³/mol. The number of fused-ring (bicyclic) bond motifs is 1. The second-order valence-electron chi connectivity index (χ2n) is 9.30. The van der Waals surface area contributed by atoms with Crippen LogP contribution < -0.4 is 0 Å². The van der Waals surface area contributed by atoms with Crippen molar-refractivity contribution in [2.75, 3.05) is 26.2 Å². The van der Waals surface area contributed by atoms with Crippen molar-refractivity contribution in [3.05, 3.63) is 59.9 Å². The van der Waals surface area contributed by atoms with Gasteiger partial charge in [0.1, 0.15) is 5.82 Å². The number of hydrogen-bond donors (Lipinski definition) is 0. The molecule has 3 heterocycles. The van der Waals surface area contributed by atoms with Crippen molar-refractivity contribution in [1.82, 2.24) is 19.4 Å². The Kier molecular flexibility index (Phi) is 5.74. The third-order valence-corrected chi connectivity index (χ3v) is 6.69. The minimum atomic E-state index is 0.121. The van der Waals surface area contributed by atoms with Gasteiger partial charge in [-0.2, -0.15) is 0 Å². The maximum Gasteiger partial charge on any atom is 0.254 e. The minimum Gasteiger partial charge on any atom is -0.373 e. The van der Waals surface area contributed by atoms with Crippen LogP contribution in [0, 0.1) is 6.92 Å². The van der Waals surface area contributed by atoms with E-state index in [1.807, 2.05) is 43.3 Å². The van der Waals surface area contributed by atoms with E-state index in [1.165, 1.54) is 0 Å². The van der Waals surface area contributed by atoms with Crippen molar-refractivity contribution in [3.63, 3.8) is 0 Å². The Morgan fingerprint density at radius 1 is 1.09 bits per heavy atom. The number of nitrogens with zero attached hydrogens (tertiary/aromatic N) is 4. The Morgan fingerprint density at radius 2 is 1.84 bits per heavy atom. The average Bonchev–Trinajstić information content (AvgIpc) is 3.35. The van der Waals surface area contributed by atoms with Gasteiger partial charge in [0.25, 0.3) is 5.91 Å². The summed E-state index contributed by atoms with van der Waals surface area (Å²) in [7, 11) is 0. The summed E-state index contributed by atoms with van der Waals surface area (Å²) in [6.07, 6.45) is 2.62. The van der Waals surface area contributed by atoms with Crippen molar-refractivity contribution in [2.45, 2.75) is 51.9 Å². The maximum absolute atomic E-state index is 13.5. The molecule has 2 saturated heterocycles. The summed E-state index contributed by atoms with van der Waals surface area (Å²) < 4.78 is 8.02. The number of amides is 1. The van der Waals surface area contributed by atoms with Gasteiger partial charge >= 0.3 is 0 Å². The zero-order valence-electron chi connectivity index (χ0n) is 19.2. The van der Waals surface area contributed by atoms with Gasteiger partial charge < -0.3 is 9.64 Å². The molecule has 2 fully saturated rings. The highest BCUT2D eigenvalue weighted by Crippen LogP contribution is 2.26. The van der Waals surface area contributed by atoms with Crippen LogP contribution in [0.25, 0.3) is 16.7 Å². The van der Waals surface area contributed by atoms with Crippen LogP contribution in [0.2, 0.25) is 0 Å². The highest BCUT2D eigenvalue weighted by atomic mass is 16.5. The van der Waals surface area contributed by atoms with E-state index in [0.29, 0.717) is 0 Å². The number of carbonyl (C=O) groups is 1. The number of aryl methyl sites for hydroxylation is 1. The zero-order chi connectivity index (χ0) is 22.2. The van der Waals surface area contributed by atoms with E-state index in [-0.39, 0.29) is 24.2 Å². The minimum absolute atomic E-state index is 0.121. The van der Waals surface area contributed by atoms with Gasteiger partial charge in [-0.05, 0) is 63.9 Å². The van der Waals surface area contributed by atoms with E-state index in [9.17, 15) is 4.79 Å². The molecule has 2 aromatic carbocycles. The van der Waals surface area contributed by atoms with E-state index in [2.05, 4.69) is 40.3 Å². The first-order valence-corrected chi connectivity index (χ1v) is 11.7. The first kappa shape index (κ1) is 21.2. The molecule has 3 atom stereocenters. The van der Waals surface area contributed by atoms with Crippen LogP contribution in [0.4, 0.5) is 0 Å². The lowest BCUT2D eigenvalue weighted by Crippen LogP contribution is -2.50. The molecule has 0 spiro atoms. The van der Waals surface area contributed by atoms with Crippen LogP contribution in [0.3, 0.4) is 0 Å². The van der Waals surface area contributed by atoms with Crippen LogP contribution in [-0.4, -0.2) is 69.7 Å². The molecular formula is C26H32N4O2. The second kappa shape index (κ2) is 8.68. The first-order chi connectivity index (χ1) is 15.5. The number of rotatable bonds is 4. The van der Waals surface area contributed by atoms with Gasteiger partial charge in [0, 0.05) is 43.5 Å². The lowest BCUT2D eigenvalue weighted by molar-refractivity contribution is -0.0715. The summed E-state index contributed by atoms with van der Waals surface area (Å²) >= 11 is 0. The lowest BCUT2D eigenvalue weighted by Gasteiger charge is -2.38. The van der Waals surface area contributed by atoms with Crippen molar-refractivity contribution in [2.24, 2.45) is 0 Å². The Morgan fingerprint density at radius 3 is 2.59 bits per heavy atom. The maximum atomic E-state index is 13.5. The number of ether oxygens (including phenoxy) is 1. The van der Waals surface area contributed by atoms with Gasteiger partial charge in [0.15, 0.2) is 0 Å². The van der Waals surface area contributed by atoms with Gasteiger partial charge in [0.2, 0.25) is 0 Å². The SMILES string of the molecule is Cc1nc2cc(C(=O)N3CCCC3CN3CC(C)OC(C)C3)ccc2n1-c1ccccc1. The molecule has 2 aliphatic rings. The Labute approximate surface area is 189 Å². The zero-order valence-corrected chi connectivity index (χ0v) is 19.2. The highest BCUT2D eigenvalue weighted by Gasteiger charge is 2.33. The second-order valence-corrected chi connectivity index (χ2v) is 9.30. The van der Waals surface area contributed by atoms with Gasteiger partial charge in [-0.15, -0.1) is 0 Å². The lowest BCUT2D eigenvalue weighted by atomic mass is 10.1. The van der Waals surface area contributed by atoms with Crippen LogP contribution in [0.15, 0.2) is 48.5 Å². The number of hydrogen-bond acceptors (Lipinski definition) is 4. The molecule has 2 aliphatic heterocycles. The molecule has 5 rings (SSSR count). The molecule has 32 heavy (non-hydrogen) atoms. The molecule has 0 bridgehead atoms. The van der Waals surface area contributed by atoms with E-state index in [0.717, 1.165) is 67.1 Å². The molecule has 0 saturated carbocycles. The number of likely N-dealkylation sites (tertiary alicyclic amines) is 1. The molecule has 1 aromatic heterocycles. The third-order valence-electron chi connectivity index (χ3n) is 6.69. The van der Waals surface area contributed by atoms with Crippen molar-refractivity contribution in [3.8, 4) is 5.69 Å². The fourth-order valence-electron chi connectivity index (χ4n) is 5.43. The summed E-state index contributed by atoms with van der Waals surface area (Å²) in [4.78, 5) is 22.8. The van der Waals surface area contributed by atoms with Crippen LogP contribution >= 0.6 is 0 Å². The summed E-state index contributed by atoms with van der Waals surface area (Å²) in [6, 6.07) is 16.4. The Hall–Kier alpha value is -2.70. The molecule has 0 aliphatic carbocycles. The standard InChI is InChI=1S/C26H32N4O2/c1-18-15-28(16-19(2)32-18)17-23-10-7-13-29(23)26(31)21-11-12-25-24(14-21)27-20(3)30(25)22-8-5-4-6-9-22/h4-6,8-9,11-12,14,18-19,23H,7,10,13,15-17H2,1-3H3. The summed E-state index contributed by atoms with van der Waals surface area (Å²) in [5.41, 5.74) is 3.70. The topological polar surface area (TPSA) is 50.6 Å². The highest BCUT2D eigenvalue weighted by molar-refractivity contribution is 5.98. The van der Waals surface area contributed by atoms with Crippen LogP contribution in [0.1, 0.15) is 42.9 Å². The monoisotopic (exact) mass is 432 g/mol. The fraction of sp³-hybridized carbons (Fsp3) is 0.462. The number of para-hydroxylation sites is 1. The van der Waals surface area contributed by atoms with Crippen molar-refractivity contribution < 1.29 is 9.53 Å². The Bertz CT molecular complexity index is 1100. The van der Waals surface area contributed by atoms with Crippen molar-refractivity contribution >= 4 is 16.9 Å². The number of benzene rings is 2. The van der Waals surface area contributed by atoms with Gasteiger partial charge in [-0.1, -0.05) is 18.2 Å². The molecular weight excluding hydrogens is 400 g/mol. The molecule has 168 valence electrons. The van der Waals surface area contributed by atoms with Crippen LogP contribution in [0.5, 0.6) is 0 Å². The summed E-state index contributed by atoms with van der Waals surface area (Å²) in [5.74, 6) is 1.04. The quantitative estimate of drug-likeness (QED) is 0.624. The fourth-order valence-corrected chi connectivity index (χ4v) is 5.43. The molecule has 3 aromatic rings. The third kappa shape index (κ3) is 4.05. The van der Waals surface area contributed by atoms with E-state index in [4.69, 9.17) is 9.72 Å². The molecule has 6 nitrogen and oxygen atoms in total. The van der Waals surface area contributed by atoms with E-state index >= 15 is 0 Å². The number of imidazole rings is 1. The molecule has 0 radical (unpaired) electrons. The summed E-state index contributed by atoms with van der Waals surface area (Å²) in [6.45, 7) is 9.89. The summed E-state index contributed by atoms with van der Waals surface area (Å²) in [5, 5.41) is 0. The van der Waals surface area contributed by atoms with Gasteiger partial charge in [0.05, 0.1) is 23.2 Å². The first-order valence-electron chi connectivity index (χ1n) is 11.7. The molecule has 6 heteroatoms. The average molecular weight is 433 g/mol. The largest absolute Gasteiger partial charge is 0.373 e. The molecule has 1 amide bonds. The Balaban J connectivity index is 1.37. The van der Waals surface area contributed by atoms with Crippen molar-refractivity contribution in [1.29, 1.82) is 0 Å². The van der Waals surface area contributed by atoms with E-state index in [1.54, 1.807) is 0 Å². The van der Waals surface area contributed by atoms with E-state index < -0.39 is 0 Å². The number of carbonyl (C=O) groups excluding carboxylic acids is 1. The van der Waals surface area contributed by atoms with Crippen LogP contribution in [-0.2, 0) is 4.74 Å².